The topological polar surface area (TPSA) is 43.4 Å². The van der Waals surface area contributed by atoms with Crippen molar-refractivity contribution in [2.45, 2.75) is 32.3 Å². The molecular weight excluding hydrogens is 216 g/mol. The van der Waals surface area contributed by atoms with E-state index in [0.717, 1.165) is 12.8 Å². The first-order valence-electron chi connectivity index (χ1n) is 5.80. The van der Waals surface area contributed by atoms with Crippen molar-refractivity contribution in [2.24, 2.45) is 0 Å². The highest BCUT2D eigenvalue weighted by atomic mass is 16.5. The Morgan fingerprint density at radius 1 is 1.41 bits per heavy atom. The summed E-state index contributed by atoms with van der Waals surface area (Å²) in [6.45, 7) is 1.44. The molecule has 1 unspecified atom stereocenters. The zero-order valence-corrected chi connectivity index (χ0v) is 10.2. The first kappa shape index (κ1) is 12.0. The number of fused-ring (bicyclic) bond motifs is 1. The van der Waals surface area contributed by atoms with Crippen LogP contribution in [-0.4, -0.2) is 18.7 Å². The third-order valence-corrected chi connectivity index (χ3v) is 3.18. The second-order valence-electron chi connectivity index (χ2n) is 4.48. The molecule has 0 N–H and O–H groups in total. The van der Waals surface area contributed by atoms with Crippen LogP contribution in [0.3, 0.4) is 0 Å². The number of hydrogen-bond acceptors (Lipinski definition) is 3. The van der Waals surface area contributed by atoms with Gasteiger partial charge in [-0.1, -0.05) is 12.1 Å². The second kappa shape index (κ2) is 4.80. The second-order valence-corrected chi connectivity index (χ2v) is 4.48. The van der Waals surface area contributed by atoms with Crippen molar-refractivity contribution in [2.75, 3.05) is 7.11 Å². The van der Waals surface area contributed by atoms with Gasteiger partial charge in [0, 0.05) is 12.7 Å². The highest BCUT2D eigenvalue weighted by Gasteiger charge is 2.23. The molecule has 0 saturated heterocycles. The normalized spacial score (nSPS) is 17.9. The van der Waals surface area contributed by atoms with E-state index < -0.39 is 0 Å². The molecule has 0 fully saturated rings. The number of benzene rings is 1. The fourth-order valence-corrected chi connectivity index (χ4v) is 2.32. The summed E-state index contributed by atoms with van der Waals surface area (Å²) in [6, 6.07) is 5.64. The Hall–Kier alpha value is -1.48. The van der Waals surface area contributed by atoms with Gasteiger partial charge in [-0.2, -0.15) is 0 Å². The smallest absolute Gasteiger partial charge is 0.170 e. The van der Waals surface area contributed by atoms with Crippen LogP contribution in [0.1, 0.15) is 47.4 Å². The quantitative estimate of drug-likeness (QED) is 0.591. The van der Waals surface area contributed by atoms with Crippen molar-refractivity contribution in [3.05, 3.63) is 34.9 Å². The lowest BCUT2D eigenvalue weighted by molar-refractivity contribution is -0.116. The van der Waals surface area contributed by atoms with Gasteiger partial charge in [0.05, 0.1) is 12.5 Å². The van der Waals surface area contributed by atoms with E-state index in [9.17, 15) is 9.59 Å². The Morgan fingerprint density at radius 2 is 2.18 bits per heavy atom. The summed E-state index contributed by atoms with van der Waals surface area (Å²) >= 11 is 0. The van der Waals surface area contributed by atoms with E-state index in [1.54, 1.807) is 13.2 Å². The average Bonchev–Trinajstić information content (AvgIpc) is 2.69. The molecule has 0 bridgehead atoms. The molecule has 3 nitrogen and oxygen atoms in total. The third kappa shape index (κ3) is 2.44. The SMILES string of the molecule is COC1CCc2cc(C(=O)CC(C)=O)ccc21. The molecule has 0 spiro atoms. The predicted molar refractivity (Wildman–Crippen MR) is 64.1 cm³/mol. The average molecular weight is 232 g/mol. The predicted octanol–water partition coefficient (Wildman–Crippen LogP) is 2.48. The lowest BCUT2D eigenvalue weighted by atomic mass is 10.0. The van der Waals surface area contributed by atoms with Crippen molar-refractivity contribution in [3.63, 3.8) is 0 Å². The first-order chi connectivity index (χ1) is 8.11. The number of methoxy groups -OCH3 is 1. The minimum atomic E-state index is -0.0961. The van der Waals surface area contributed by atoms with Crippen LogP contribution in [0.5, 0.6) is 0 Å². The summed E-state index contributed by atoms with van der Waals surface area (Å²) in [4.78, 5) is 22.7. The third-order valence-electron chi connectivity index (χ3n) is 3.18. The fraction of sp³-hybridized carbons (Fsp3) is 0.429. The fourth-order valence-electron chi connectivity index (χ4n) is 2.32. The van der Waals surface area contributed by atoms with Crippen molar-refractivity contribution >= 4 is 11.6 Å². The largest absolute Gasteiger partial charge is 0.377 e. The van der Waals surface area contributed by atoms with Gasteiger partial charge in [-0.3, -0.25) is 9.59 Å². The Labute approximate surface area is 101 Å². The van der Waals surface area contributed by atoms with Gasteiger partial charge >= 0.3 is 0 Å². The molecule has 0 saturated carbocycles. The molecule has 1 atom stereocenters. The van der Waals surface area contributed by atoms with Gasteiger partial charge in [-0.15, -0.1) is 0 Å². The minimum Gasteiger partial charge on any atom is -0.377 e. The van der Waals surface area contributed by atoms with Crippen molar-refractivity contribution in [3.8, 4) is 0 Å². The highest BCUT2D eigenvalue weighted by molar-refractivity contribution is 6.07. The Morgan fingerprint density at radius 3 is 2.82 bits per heavy atom. The van der Waals surface area contributed by atoms with Crippen molar-refractivity contribution in [1.82, 2.24) is 0 Å². The number of ether oxygens (including phenoxy) is 1. The zero-order chi connectivity index (χ0) is 12.4. The van der Waals surface area contributed by atoms with Crippen LogP contribution in [0, 0.1) is 0 Å². The molecule has 17 heavy (non-hydrogen) atoms. The van der Waals surface area contributed by atoms with E-state index in [1.807, 2.05) is 12.1 Å². The number of ketones is 2. The van der Waals surface area contributed by atoms with Crippen molar-refractivity contribution < 1.29 is 14.3 Å². The van der Waals surface area contributed by atoms with Crippen LogP contribution in [0.15, 0.2) is 18.2 Å². The van der Waals surface area contributed by atoms with Crippen LogP contribution in [0.4, 0.5) is 0 Å². The van der Waals surface area contributed by atoms with Crippen LogP contribution in [-0.2, 0) is 16.0 Å². The van der Waals surface area contributed by atoms with E-state index in [4.69, 9.17) is 4.74 Å². The number of hydrogen-bond donors (Lipinski definition) is 0. The number of rotatable bonds is 4. The van der Waals surface area contributed by atoms with Gasteiger partial charge in [-0.25, -0.2) is 0 Å². The molecule has 2 rings (SSSR count). The maximum absolute atomic E-state index is 11.8. The number of carbonyl (C=O) groups excluding carboxylic acids is 2. The van der Waals surface area contributed by atoms with Crippen LogP contribution in [0.25, 0.3) is 0 Å². The van der Waals surface area contributed by atoms with Gasteiger partial charge in [0.25, 0.3) is 0 Å². The highest BCUT2D eigenvalue weighted by Crippen LogP contribution is 2.34. The summed E-state index contributed by atoms with van der Waals surface area (Å²) in [5.74, 6) is -0.188. The molecular formula is C14H16O3. The number of carbonyl (C=O) groups is 2. The lowest BCUT2D eigenvalue weighted by Crippen LogP contribution is -2.05. The molecule has 0 radical (unpaired) electrons. The Bertz CT molecular complexity index is 463. The molecule has 0 aromatic heterocycles. The van der Waals surface area contributed by atoms with E-state index in [1.165, 1.54) is 18.1 Å². The lowest BCUT2D eigenvalue weighted by Gasteiger charge is -2.09. The van der Waals surface area contributed by atoms with Gasteiger partial charge in [0.1, 0.15) is 5.78 Å². The minimum absolute atomic E-state index is 0.00745. The summed E-state index contributed by atoms with van der Waals surface area (Å²) < 4.78 is 5.36. The van der Waals surface area contributed by atoms with Crippen LogP contribution >= 0.6 is 0 Å². The van der Waals surface area contributed by atoms with Gasteiger partial charge in [-0.05, 0) is 37.0 Å². The molecule has 0 heterocycles. The summed E-state index contributed by atoms with van der Waals surface area (Å²) in [7, 11) is 1.70. The van der Waals surface area contributed by atoms with E-state index in [-0.39, 0.29) is 24.1 Å². The molecule has 0 aliphatic heterocycles. The van der Waals surface area contributed by atoms with Gasteiger partial charge in [0.2, 0.25) is 0 Å². The maximum atomic E-state index is 11.8. The molecule has 1 aliphatic rings. The molecule has 90 valence electrons. The Balaban J connectivity index is 2.23. The summed E-state index contributed by atoms with van der Waals surface area (Å²) in [5.41, 5.74) is 2.98. The number of aryl methyl sites for hydroxylation is 1. The van der Waals surface area contributed by atoms with Crippen LogP contribution < -0.4 is 0 Å². The molecule has 0 amide bonds. The van der Waals surface area contributed by atoms with E-state index >= 15 is 0 Å². The van der Waals surface area contributed by atoms with Gasteiger partial charge < -0.3 is 4.74 Å². The zero-order valence-electron chi connectivity index (χ0n) is 10.2. The maximum Gasteiger partial charge on any atom is 0.170 e. The molecule has 3 heteroatoms. The molecule has 1 aliphatic carbocycles. The monoisotopic (exact) mass is 232 g/mol. The van der Waals surface area contributed by atoms with Crippen LogP contribution in [0.2, 0.25) is 0 Å². The standard InChI is InChI=1S/C14H16O3/c1-9(15)7-13(16)11-3-5-12-10(8-11)4-6-14(12)17-2/h3,5,8,14H,4,6-7H2,1-2H3. The summed E-state index contributed by atoms with van der Waals surface area (Å²) in [6.07, 6.45) is 2.06. The molecule has 1 aromatic carbocycles. The summed E-state index contributed by atoms with van der Waals surface area (Å²) in [5, 5.41) is 0. The van der Waals surface area contributed by atoms with Crippen molar-refractivity contribution in [1.29, 1.82) is 0 Å². The Kier molecular flexibility index (Phi) is 3.38. The van der Waals surface area contributed by atoms with E-state index in [0.29, 0.717) is 5.56 Å². The van der Waals surface area contributed by atoms with Gasteiger partial charge in [0.15, 0.2) is 5.78 Å². The number of Topliss-reactive ketones (excluding diaryl/α,β-unsaturated/α-hetero) is 2. The molecule has 1 aromatic rings. The first-order valence-corrected chi connectivity index (χ1v) is 5.80. The van der Waals surface area contributed by atoms with E-state index in [2.05, 4.69) is 0 Å².